The summed E-state index contributed by atoms with van der Waals surface area (Å²) < 4.78 is 27.3. The van der Waals surface area contributed by atoms with E-state index in [9.17, 15) is 13.2 Å². The monoisotopic (exact) mass is 255 g/mol. The molecule has 0 heterocycles. The number of sulfonamides is 1. The fourth-order valence-corrected chi connectivity index (χ4v) is 1.92. The molecule has 5 nitrogen and oxygen atoms in total. The van der Waals surface area contributed by atoms with Crippen molar-refractivity contribution in [2.24, 2.45) is 11.1 Å². The molecule has 1 aromatic rings. The fourth-order valence-electron chi connectivity index (χ4n) is 1.36. The van der Waals surface area contributed by atoms with Gasteiger partial charge in [0.15, 0.2) is 0 Å². The number of ether oxygens (including phenoxy) is 1. The van der Waals surface area contributed by atoms with Crippen LogP contribution in [0.5, 0.6) is 0 Å². The molecule has 1 saturated carbocycles. The van der Waals surface area contributed by atoms with Crippen LogP contribution in [0.25, 0.3) is 0 Å². The van der Waals surface area contributed by atoms with Gasteiger partial charge >= 0.3 is 5.97 Å². The van der Waals surface area contributed by atoms with Crippen LogP contribution in [0.1, 0.15) is 23.2 Å². The first-order chi connectivity index (χ1) is 7.97. The average Bonchev–Trinajstić information content (AvgIpc) is 3.09. The minimum absolute atomic E-state index is 0.0848. The molecule has 1 aliphatic rings. The van der Waals surface area contributed by atoms with E-state index < -0.39 is 16.0 Å². The van der Waals surface area contributed by atoms with Crippen molar-refractivity contribution in [1.29, 1.82) is 0 Å². The number of nitrogens with two attached hydrogens (primary N) is 1. The molecule has 0 atom stereocenters. The lowest BCUT2D eigenvalue weighted by Gasteiger charge is -2.04. The summed E-state index contributed by atoms with van der Waals surface area (Å²) in [4.78, 5) is 11.5. The maximum atomic E-state index is 11.6. The fraction of sp³-hybridized carbons (Fsp3) is 0.364. The molecule has 1 aliphatic carbocycles. The predicted molar refractivity (Wildman–Crippen MR) is 60.8 cm³/mol. The summed E-state index contributed by atoms with van der Waals surface area (Å²) in [6.07, 6.45) is 2.18. The molecule has 92 valence electrons. The number of benzene rings is 1. The summed E-state index contributed by atoms with van der Waals surface area (Å²) in [5, 5.41) is 4.98. The Morgan fingerprint density at radius 1 is 1.41 bits per heavy atom. The molecule has 0 radical (unpaired) electrons. The largest absolute Gasteiger partial charge is 0.462 e. The first-order valence-electron chi connectivity index (χ1n) is 5.27. The molecular formula is C11H13NO4S. The zero-order chi connectivity index (χ0) is 12.5. The third-order valence-electron chi connectivity index (χ3n) is 2.55. The lowest BCUT2D eigenvalue weighted by Crippen LogP contribution is -2.14. The van der Waals surface area contributed by atoms with E-state index in [1.807, 2.05) is 0 Å². The second kappa shape index (κ2) is 4.46. The number of hydrogen-bond acceptors (Lipinski definition) is 4. The van der Waals surface area contributed by atoms with Crippen molar-refractivity contribution in [3.8, 4) is 0 Å². The minimum Gasteiger partial charge on any atom is -0.462 e. The normalized spacial score (nSPS) is 15.6. The van der Waals surface area contributed by atoms with E-state index in [0.717, 1.165) is 12.8 Å². The van der Waals surface area contributed by atoms with Crippen LogP contribution in [0, 0.1) is 5.92 Å². The Labute approximate surface area is 99.6 Å². The summed E-state index contributed by atoms with van der Waals surface area (Å²) in [6.45, 7) is 0.401. The Balaban J connectivity index is 2.11. The number of hydrogen-bond donors (Lipinski definition) is 1. The third kappa shape index (κ3) is 3.28. The lowest BCUT2D eigenvalue weighted by molar-refractivity contribution is 0.0486. The highest BCUT2D eigenvalue weighted by Crippen LogP contribution is 2.29. The molecule has 1 fully saturated rings. The van der Waals surface area contributed by atoms with Crippen molar-refractivity contribution in [2.75, 3.05) is 6.61 Å². The van der Waals surface area contributed by atoms with Crippen LogP contribution in [0.15, 0.2) is 29.2 Å². The number of rotatable bonds is 4. The minimum atomic E-state index is -3.79. The SMILES string of the molecule is NS(=O)(=O)c1cccc(C(=O)OCC2CC2)c1. The summed E-state index contributed by atoms with van der Waals surface area (Å²) in [5.41, 5.74) is 0.206. The van der Waals surface area contributed by atoms with Gasteiger partial charge in [-0.05, 0) is 37.0 Å². The average molecular weight is 255 g/mol. The standard InChI is InChI=1S/C11H13NO4S/c12-17(14,15)10-3-1-2-9(6-10)11(13)16-7-8-4-5-8/h1-3,6,8H,4-5,7H2,(H2,12,14,15). The van der Waals surface area contributed by atoms with Gasteiger partial charge in [-0.3, -0.25) is 0 Å². The Morgan fingerprint density at radius 3 is 2.71 bits per heavy atom. The molecule has 1 aromatic carbocycles. The van der Waals surface area contributed by atoms with Crippen molar-refractivity contribution < 1.29 is 17.9 Å². The van der Waals surface area contributed by atoms with Gasteiger partial charge in [-0.15, -0.1) is 0 Å². The second-order valence-electron chi connectivity index (χ2n) is 4.11. The summed E-state index contributed by atoms with van der Waals surface area (Å²) in [5.74, 6) is -0.0391. The summed E-state index contributed by atoms with van der Waals surface area (Å²) >= 11 is 0. The third-order valence-corrected chi connectivity index (χ3v) is 3.46. The Hall–Kier alpha value is -1.40. The molecule has 6 heteroatoms. The van der Waals surface area contributed by atoms with Gasteiger partial charge in [-0.2, -0.15) is 0 Å². The van der Waals surface area contributed by atoms with Gasteiger partial charge in [0, 0.05) is 0 Å². The van der Waals surface area contributed by atoms with Crippen LogP contribution >= 0.6 is 0 Å². The molecule has 2 rings (SSSR count). The molecule has 2 N–H and O–H groups in total. The summed E-state index contributed by atoms with van der Waals surface area (Å²) in [7, 11) is -3.79. The summed E-state index contributed by atoms with van der Waals surface area (Å²) in [6, 6.07) is 5.54. The van der Waals surface area contributed by atoms with Gasteiger partial charge in [-0.25, -0.2) is 18.4 Å². The molecule has 0 amide bonds. The zero-order valence-corrected chi connectivity index (χ0v) is 9.94. The number of carbonyl (C=O) groups excluding carboxylic acids is 1. The maximum Gasteiger partial charge on any atom is 0.338 e. The first kappa shape index (κ1) is 12.1. The van der Waals surface area contributed by atoms with Crippen LogP contribution in [0.3, 0.4) is 0 Å². The smallest absolute Gasteiger partial charge is 0.338 e. The predicted octanol–water partition coefficient (Wildman–Crippen LogP) is 0.901. The first-order valence-corrected chi connectivity index (χ1v) is 6.81. The lowest BCUT2D eigenvalue weighted by atomic mass is 10.2. The highest BCUT2D eigenvalue weighted by molar-refractivity contribution is 7.89. The molecule has 17 heavy (non-hydrogen) atoms. The van der Waals surface area contributed by atoms with Gasteiger partial charge in [0.1, 0.15) is 0 Å². The molecular weight excluding hydrogens is 242 g/mol. The molecule has 0 aromatic heterocycles. The Bertz CT molecular complexity index is 534. The quantitative estimate of drug-likeness (QED) is 0.810. The van der Waals surface area contributed by atoms with Crippen LogP contribution in [-0.2, 0) is 14.8 Å². The van der Waals surface area contributed by atoms with E-state index in [1.165, 1.54) is 24.3 Å². The van der Waals surface area contributed by atoms with Gasteiger partial charge in [0.05, 0.1) is 17.1 Å². The van der Waals surface area contributed by atoms with E-state index in [4.69, 9.17) is 9.88 Å². The van der Waals surface area contributed by atoms with Crippen molar-refractivity contribution in [3.63, 3.8) is 0 Å². The van der Waals surface area contributed by atoms with Crippen molar-refractivity contribution >= 4 is 16.0 Å². The highest BCUT2D eigenvalue weighted by atomic mass is 32.2. The van der Waals surface area contributed by atoms with Crippen LogP contribution < -0.4 is 5.14 Å². The zero-order valence-electron chi connectivity index (χ0n) is 9.13. The molecule has 0 saturated heterocycles. The topological polar surface area (TPSA) is 86.5 Å². The van der Waals surface area contributed by atoms with E-state index in [-0.39, 0.29) is 10.5 Å². The van der Waals surface area contributed by atoms with Gasteiger partial charge in [0.25, 0.3) is 0 Å². The van der Waals surface area contributed by atoms with E-state index in [1.54, 1.807) is 0 Å². The van der Waals surface area contributed by atoms with Crippen molar-refractivity contribution in [2.45, 2.75) is 17.7 Å². The Kier molecular flexibility index (Phi) is 3.17. The molecule has 0 unspecified atom stereocenters. The van der Waals surface area contributed by atoms with Crippen molar-refractivity contribution in [3.05, 3.63) is 29.8 Å². The molecule has 0 bridgehead atoms. The van der Waals surface area contributed by atoms with Gasteiger partial charge in [0.2, 0.25) is 10.0 Å². The second-order valence-corrected chi connectivity index (χ2v) is 5.68. The molecule has 0 aliphatic heterocycles. The number of primary sulfonamides is 1. The van der Waals surface area contributed by atoms with Gasteiger partial charge < -0.3 is 4.74 Å². The highest BCUT2D eigenvalue weighted by Gasteiger charge is 2.23. The number of esters is 1. The van der Waals surface area contributed by atoms with Gasteiger partial charge in [-0.1, -0.05) is 6.07 Å². The van der Waals surface area contributed by atoms with Crippen molar-refractivity contribution in [1.82, 2.24) is 0 Å². The maximum absolute atomic E-state index is 11.6. The van der Waals surface area contributed by atoms with E-state index >= 15 is 0 Å². The van der Waals surface area contributed by atoms with Crippen LogP contribution in [0.2, 0.25) is 0 Å². The Morgan fingerprint density at radius 2 is 2.12 bits per heavy atom. The number of carbonyl (C=O) groups is 1. The van der Waals surface area contributed by atoms with E-state index in [2.05, 4.69) is 0 Å². The van der Waals surface area contributed by atoms with Crippen LogP contribution in [0.4, 0.5) is 0 Å². The van der Waals surface area contributed by atoms with E-state index in [0.29, 0.717) is 12.5 Å². The van der Waals surface area contributed by atoms with Crippen LogP contribution in [-0.4, -0.2) is 21.0 Å². The molecule has 0 spiro atoms.